The second kappa shape index (κ2) is 9.92. The van der Waals surface area contributed by atoms with Crippen LogP contribution < -0.4 is 4.72 Å². The highest BCUT2D eigenvalue weighted by molar-refractivity contribution is 9.10. The second-order valence-corrected chi connectivity index (χ2v) is 9.42. The van der Waals surface area contributed by atoms with Crippen LogP contribution >= 0.6 is 15.9 Å². The maximum absolute atomic E-state index is 12.8. The number of ketones is 1. The first-order valence-electron chi connectivity index (χ1n) is 9.45. The highest BCUT2D eigenvalue weighted by atomic mass is 79.9. The Balaban J connectivity index is 1.81. The van der Waals surface area contributed by atoms with Gasteiger partial charge in [0.1, 0.15) is 0 Å². The minimum Gasteiger partial charge on any atom is -0.451 e. The quantitative estimate of drug-likeness (QED) is 0.194. The molecular formula is C22H17BrN2O7S. The van der Waals surface area contributed by atoms with Gasteiger partial charge >= 0.3 is 5.97 Å². The van der Waals surface area contributed by atoms with Crippen LogP contribution in [0.4, 0.5) is 11.4 Å². The zero-order chi connectivity index (χ0) is 24.2. The Kier molecular flexibility index (Phi) is 7.24. The van der Waals surface area contributed by atoms with Crippen molar-refractivity contribution in [3.05, 3.63) is 98.5 Å². The first-order chi connectivity index (χ1) is 15.6. The summed E-state index contributed by atoms with van der Waals surface area (Å²) in [5.41, 5.74) is -0.275. The standard InChI is InChI=1S/C22H17BrN2O7S/c1-14(21(26)15-9-11-16(23)12-10-15)32-22(27)19-7-2-3-8-20(19)24-33(30,31)18-6-4-5-17(13-18)25(28)29/h2-14,24H,1H3. The van der Waals surface area contributed by atoms with Gasteiger partial charge in [-0.05, 0) is 37.3 Å². The molecule has 3 aromatic rings. The monoisotopic (exact) mass is 532 g/mol. The number of carbonyl (C=O) groups excluding carboxylic acids is 2. The number of nitro groups is 1. The minimum absolute atomic E-state index is 0.0997. The Bertz CT molecular complexity index is 1320. The first-order valence-corrected chi connectivity index (χ1v) is 11.7. The van der Waals surface area contributed by atoms with Gasteiger partial charge in [-0.1, -0.05) is 46.3 Å². The molecule has 0 aliphatic heterocycles. The molecule has 9 nitrogen and oxygen atoms in total. The third kappa shape index (κ3) is 5.82. The Morgan fingerprint density at radius 3 is 2.36 bits per heavy atom. The van der Waals surface area contributed by atoms with Gasteiger partial charge in [-0.2, -0.15) is 0 Å². The molecule has 3 aromatic carbocycles. The zero-order valence-electron chi connectivity index (χ0n) is 17.1. The Hall–Kier alpha value is -3.57. The molecule has 0 heterocycles. The number of nitrogens with zero attached hydrogens (tertiary/aromatic N) is 1. The number of sulfonamides is 1. The normalized spacial score (nSPS) is 11.9. The molecule has 1 N–H and O–H groups in total. The molecule has 0 aliphatic rings. The number of nitro benzene ring substituents is 1. The Labute approximate surface area is 197 Å². The fraction of sp³-hybridized carbons (Fsp3) is 0.0909. The summed E-state index contributed by atoms with van der Waals surface area (Å²) in [5, 5.41) is 11.0. The van der Waals surface area contributed by atoms with E-state index in [1.165, 1.54) is 43.3 Å². The summed E-state index contributed by atoms with van der Waals surface area (Å²) in [4.78, 5) is 35.2. The van der Waals surface area contributed by atoms with Gasteiger partial charge in [0.25, 0.3) is 15.7 Å². The zero-order valence-corrected chi connectivity index (χ0v) is 19.5. The van der Waals surface area contributed by atoms with Crippen molar-refractivity contribution in [2.75, 3.05) is 4.72 Å². The van der Waals surface area contributed by atoms with Gasteiger partial charge < -0.3 is 4.74 Å². The van der Waals surface area contributed by atoms with Gasteiger partial charge in [-0.3, -0.25) is 19.6 Å². The van der Waals surface area contributed by atoms with Crippen molar-refractivity contribution in [1.82, 2.24) is 0 Å². The lowest BCUT2D eigenvalue weighted by atomic mass is 10.1. The molecule has 0 aliphatic carbocycles. The van der Waals surface area contributed by atoms with Crippen LogP contribution in [0.5, 0.6) is 0 Å². The number of hydrogen-bond acceptors (Lipinski definition) is 7. The number of esters is 1. The third-order valence-corrected chi connectivity index (χ3v) is 6.40. The SMILES string of the molecule is CC(OC(=O)c1ccccc1NS(=O)(=O)c1cccc([N+](=O)[O-])c1)C(=O)c1ccc(Br)cc1. The molecule has 0 radical (unpaired) electrons. The Morgan fingerprint density at radius 2 is 1.70 bits per heavy atom. The van der Waals surface area contributed by atoms with E-state index in [-0.39, 0.29) is 16.1 Å². The van der Waals surface area contributed by atoms with E-state index in [9.17, 15) is 28.1 Å². The van der Waals surface area contributed by atoms with E-state index in [0.717, 1.165) is 16.6 Å². The summed E-state index contributed by atoms with van der Waals surface area (Å²) < 4.78 is 33.8. The molecule has 1 atom stereocenters. The number of para-hydroxylation sites is 1. The lowest BCUT2D eigenvalue weighted by Gasteiger charge is -2.15. The van der Waals surface area contributed by atoms with Crippen LogP contribution in [0.25, 0.3) is 0 Å². The number of anilines is 1. The van der Waals surface area contributed by atoms with Crippen molar-refractivity contribution >= 4 is 49.1 Å². The van der Waals surface area contributed by atoms with E-state index < -0.39 is 38.5 Å². The van der Waals surface area contributed by atoms with Crippen molar-refractivity contribution in [3.8, 4) is 0 Å². The maximum Gasteiger partial charge on any atom is 0.340 e. The number of non-ortho nitro benzene ring substituents is 1. The lowest BCUT2D eigenvalue weighted by molar-refractivity contribution is -0.385. The summed E-state index contributed by atoms with van der Waals surface area (Å²) in [6, 6.07) is 16.7. The van der Waals surface area contributed by atoms with Crippen LogP contribution in [0.15, 0.2) is 82.2 Å². The first kappa shape index (κ1) is 24.1. The molecule has 0 saturated carbocycles. The number of halogens is 1. The average molecular weight is 533 g/mol. The van der Waals surface area contributed by atoms with E-state index in [1.54, 1.807) is 24.3 Å². The van der Waals surface area contributed by atoms with E-state index in [4.69, 9.17) is 4.74 Å². The van der Waals surface area contributed by atoms with Gasteiger partial charge in [0, 0.05) is 22.2 Å². The highest BCUT2D eigenvalue weighted by Crippen LogP contribution is 2.24. The number of benzene rings is 3. The summed E-state index contributed by atoms with van der Waals surface area (Å²) >= 11 is 3.28. The number of hydrogen-bond donors (Lipinski definition) is 1. The molecule has 11 heteroatoms. The molecule has 0 fully saturated rings. The number of carbonyl (C=O) groups is 2. The van der Waals surface area contributed by atoms with Gasteiger partial charge in [-0.25, -0.2) is 13.2 Å². The van der Waals surface area contributed by atoms with Crippen molar-refractivity contribution in [1.29, 1.82) is 0 Å². The van der Waals surface area contributed by atoms with Gasteiger partial charge in [0.05, 0.1) is 21.1 Å². The average Bonchev–Trinajstić information content (AvgIpc) is 2.79. The van der Waals surface area contributed by atoms with Crippen molar-refractivity contribution in [3.63, 3.8) is 0 Å². The van der Waals surface area contributed by atoms with Crippen LogP contribution in [0.2, 0.25) is 0 Å². The van der Waals surface area contributed by atoms with E-state index in [0.29, 0.717) is 5.56 Å². The number of nitrogens with one attached hydrogen (secondary N) is 1. The lowest BCUT2D eigenvalue weighted by Crippen LogP contribution is -2.25. The molecule has 0 amide bonds. The molecule has 1 unspecified atom stereocenters. The number of rotatable bonds is 8. The van der Waals surface area contributed by atoms with Gasteiger partial charge in [0.2, 0.25) is 5.78 Å². The topological polar surface area (TPSA) is 133 Å². The fourth-order valence-corrected chi connectivity index (χ4v) is 4.23. The molecule has 170 valence electrons. The largest absolute Gasteiger partial charge is 0.451 e. The van der Waals surface area contributed by atoms with Crippen molar-refractivity contribution in [2.24, 2.45) is 0 Å². The van der Waals surface area contributed by atoms with Crippen molar-refractivity contribution in [2.45, 2.75) is 17.9 Å². The van der Waals surface area contributed by atoms with Crippen LogP contribution in [0.1, 0.15) is 27.6 Å². The molecule has 0 spiro atoms. The molecular weight excluding hydrogens is 516 g/mol. The van der Waals surface area contributed by atoms with Crippen LogP contribution in [0, 0.1) is 10.1 Å². The van der Waals surface area contributed by atoms with E-state index in [2.05, 4.69) is 20.7 Å². The summed E-state index contributed by atoms with van der Waals surface area (Å²) in [5.74, 6) is -1.34. The summed E-state index contributed by atoms with van der Waals surface area (Å²) in [6.45, 7) is 1.41. The molecule has 0 saturated heterocycles. The van der Waals surface area contributed by atoms with Gasteiger partial charge in [-0.15, -0.1) is 0 Å². The molecule has 0 aromatic heterocycles. The van der Waals surface area contributed by atoms with E-state index >= 15 is 0 Å². The Morgan fingerprint density at radius 1 is 1.03 bits per heavy atom. The van der Waals surface area contributed by atoms with Crippen LogP contribution in [-0.2, 0) is 14.8 Å². The number of Topliss-reactive ketones (excluding diaryl/α,β-unsaturated/α-hetero) is 1. The van der Waals surface area contributed by atoms with Crippen molar-refractivity contribution < 1.29 is 27.7 Å². The number of ether oxygens (including phenoxy) is 1. The minimum atomic E-state index is -4.25. The second-order valence-electron chi connectivity index (χ2n) is 6.82. The predicted octanol–water partition coefficient (Wildman–Crippen LogP) is 4.59. The van der Waals surface area contributed by atoms with E-state index in [1.807, 2.05) is 0 Å². The molecule has 33 heavy (non-hydrogen) atoms. The fourth-order valence-electron chi connectivity index (χ4n) is 2.84. The van der Waals surface area contributed by atoms with Crippen LogP contribution in [-0.4, -0.2) is 31.2 Å². The summed E-state index contributed by atoms with van der Waals surface area (Å²) in [7, 11) is -4.25. The molecule has 0 bridgehead atoms. The predicted molar refractivity (Wildman–Crippen MR) is 124 cm³/mol. The van der Waals surface area contributed by atoms with Crippen LogP contribution in [0.3, 0.4) is 0 Å². The molecule has 3 rings (SSSR count). The highest BCUT2D eigenvalue weighted by Gasteiger charge is 2.24. The smallest absolute Gasteiger partial charge is 0.340 e. The maximum atomic E-state index is 12.8. The third-order valence-electron chi connectivity index (χ3n) is 4.51. The summed E-state index contributed by atoms with van der Waals surface area (Å²) in [6.07, 6.45) is -1.12. The van der Waals surface area contributed by atoms with Gasteiger partial charge in [0.15, 0.2) is 6.10 Å².